The number of nitriles is 2. The number of nitrogen functional groups attached to an aromatic ring is 1. The third-order valence-electron chi connectivity index (χ3n) is 3.81. The maximum Gasteiger partial charge on any atom is 0.268 e. The summed E-state index contributed by atoms with van der Waals surface area (Å²) in [7, 11) is 0. The van der Waals surface area contributed by atoms with Gasteiger partial charge in [-0.3, -0.25) is 4.79 Å². The normalized spacial score (nSPS) is 12.6. The Hall–Kier alpha value is -3.25. The lowest BCUT2D eigenvalue weighted by atomic mass is 9.91. The highest BCUT2D eigenvalue weighted by molar-refractivity contribution is 5.88. The second kappa shape index (κ2) is 5.27. The summed E-state index contributed by atoms with van der Waals surface area (Å²) in [5.41, 5.74) is 8.16. The first kappa shape index (κ1) is 13.7. The highest BCUT2D eigenvalue weighted by atomic mass is 16.1. The van der Waals surface area contributed by atoms with E-state index in [0.29, 0.717) is 11.1 Å². The lowest BCUT2D eigenvalue weighted by molar-refractivity contribution is 0.831. The van der Waals surface area contributed by atoms with Gasteiger partial charge in [0.05, 0.1) is 0 Å². The molecular formula is C16H13N5O. The molecule has 1 aliphatic heterocycles. The summed E-state index contributed by atoms with van der Waals surface area (Å²) in [4.78, 5) is 14.4. The summed E-state index contributed by atoms with van der Waals surface area (Å²) >= 11 is 0. The molecule has 4 N–H and O–H groups in total. The average molecular weight is 291 g/mol. The second-order valence-corrected chi connectivity index (χ2v) is 5.09. The number of aromatic amines is 1. The minimum absolute atomic E-state index is 0.0186. The molecule has 1 aliphatic rings. The van der Waals surface area contributed by atoms with Crippen LogP contribution in [0.2, 0.25) is 0 Å². The van der Waals surface area contributed by atoms with E-state index in [1.807, 2.05) is 24.3 Å². The van der Waals surface area contributed by atoms with Gasteiger partial charge in [0.2, 0.25) is 0 Å². The fraction of sp³-hybridized carbons (Fsp3) is 0.188. The predicted molar refractivity (Wildman–Crippen MR) is 83.2 cm³/mol. The Labute approximate surface area is 126 Å². The van der Waals surface area contributed by atoms with E-state index in [1.165, 1.54) is 0 Å². The first-order valence-corrected chi connectivity index (χ1v) is 6.89. The van der Waals surface area contributed by atoms with Crippen molar-refractivity contribution in [2.75, 3.05) is 17.6 Å². The first-order chi connectivity index (χ1) is 10.7. The molecule has 6 nitrogen and oxygen atoms in total. The Morgan fingerprint density at radius 1 is 1.18 bits per heavy atom. The molecule has 0 saturated heterocycles. The molecule has 0 bridgehead atoms. The van der Waals surface area contributed by atoms with Crippen LogP contribution in [0.5, 0.6) is 0 Å². The number of benzene rings is 1. The number of aryl methyl sites for hydroxylation is 1. The lowest BCUT2D eigenvalue weighted by Crippen LogP contribution is -2.18. The second-order valence-electron chi connectivity index (χ2n) is 5.09. The topological polar surface area (TPSA) is 118 Å². The fourth-order valence-corrected chi connectivity index (χ4v) is 2.83. The van der Waals surface area contributed by atoms with Gasteiger partial charge < -0.3 is 16.0 Å². The largest absolute Gasteiger partial charge is 0.384 e. The number of anilines is 2. The Bertz CT molecular complexity index is 898. The SMILES string of the molecule is N#Cc1c(N)[nH]c(=O)c(C#N)c1-c1cccc2c1NCCC2. The van der Waals surface area contributed by atoms with Crippen LogP contribution in [0.15, 0.2) is 23.0 Å². The zero-order chi connectivity index (χ0) is 15.7. The predicted octanol–water partition coefficient (Wildman–Crippen LogP) is 1.73. The van der Waals surface area contributed by atoms with Gasteiger partial charge in [0, 0.05) is 23.4 Å². The monoisotopic (exact) mass is 291 g/mol. The van der Waals surface area contributed by atoms with Crippen molar-refractivity contribution >= 4 is 11.5 Å². The number of pyridine rings is 1. The van der Waals surface area contributed by atoms with Crippen LogP contribution in [-0.4, -0.2) is 11.5 Å². The maximum atomic E-state index is 12.0. The highest BCUT2D eigenvalue weighted by Gasteiger charge is 2.22. The van der Waals surface area contributed by atoms with Crippen LogP contribution in [-0.2, 0) is 6.42 Å². The molecule has 2 aromatic rings. The summed E-state index contributed by atoms with van der Waals surface area (Å²) in [5, 5.41) is 22.0. The summed E-state index contributed by atoms with van der Waals surface area (Å²) in [5.74, 6) is -0.0186. The zero-order valence-corrected chi connectivity index (χ0v) is 11.7. The Balaban J connectivity index is 2.42. The van der Waals surface area contributed by atoms with Crippen molar-refractivity contribution in [3.05, 3.63) is 45.2 Å². The van der Waals surface area contributed by atoms with Gasteiger partial charge >= 0.3 is 0 Å². The van der Waals surface area contributed by atoms with E-state index in [2.05, 4.69) is 10.3 Å². The fourth-order valence-electron chi connectivity index (χ4n) is 2.83. The molecule has 22 heavy (non-hydrogen) atoms. The van der Waals surface area contributed by atoms with E-state index in [0.717, 1.165) is 30.6 Å². The molecule has 1 aromatic carbocycles. The van der Waals surface area contributed by atoms with Gasteiger partial charge in [-0.1, -0.05) is 18.2 Å². The Morgan fingerprint density at radius 3 is 2.68 bits per heavy atom. The average Bonchev–Trinajstić information content (AvgIpc) is 2.54. The summed E-state index contributed by atoms with van der Waals surface area (Å²) in [6, 6.07) is 9.55. The highest BCUT2D eigenvalue weighted by Crippen LogP contribution is 2.37. The van der Waals surface area contributed by atoms with Gasteiger partial charge in [-0.15, -0.1) is 0 Å². The lowest BCUT2D eigenvalue weighted by Gasteiger charge is -2.22. The van der Waals surface area contributed by atoms with Crippen molar-refractivity contribution in [2.45, 2.75) is 12.8 Å². The molecule has 0 amide bonds. The number of rotatable bonds is 1. The standard InChI is InChI=1S/C16H13N5O/c17-7-11-13(12(8-18)16(22)21-15(11)19)10-5-1-3-9-4-2-6-20-14(9)10/h1,3,5,20H,2,4,6H2,(H3,19,21,22). The number of nitrogens with two attached hydrogens (primary N) is 1. The Morgan fingerprint density at radius 2 is 1.95 bits per heavy atom. The third kappa shape index (κ3) is 1.99. The van der Waals surface area contributed by atoms with E-state index in [-0.39, 0.29) is 16.9 Å². The smallest absolute Gasteiger partial charge is 0.268 e. The number of hydrogen-bond acceptors (Lipinski definition) is 5. The molecule has 2 heterocycles. The van der Waals surface area contributed by atoms with Gasteiger partial charge in [0.15, 0.2) is 0 Å². The van der Waals surface area contributed by atoms with E-state index >= 15 is 0 Å². The number of nitrogens with one attached hydrogen (secondary N) is 2. The molecule has 0 radical (unpaired) electrons. The van der Waals surface area contributed by atoms with Crippen LogP contribution in [0, 0.1) is 22.7 Å². The van der Waals surface area contributed by atoms with Gasteiger partial charge in [-0.2, -0.15) is 10.5 Å². The summed E-state index contributed by atoms with van der Waals surface area (Å²) < 4.78 is 0. The van der Waals surface area contributed by atoms with Crippen molar-refractivity contribution in [1.29, 1.82) is 10.5 Å². The molecule has 0 unspecified atom stereocenters. The van der Waals surface area contributed by atoms with Crippen LogP contribution >= 0.6 is 0 Å². The molecule has 0 atom stereocenters. The third-order valence-corrected chi connectivity index (χ3v) is 3.81. The van der Waals surface area contributed by atoms with Crippen LogP contribution in [0.3, 0.4) is 0 Å². The van der Waals surface area contributed by atoms with Crippen LogP contribution in [0.1, 0.15) is 23.1 Å². The number of H-pyrrole nitrogens is 1. The van der Waals surface area contributed by atoms with Crippen LogP contribution < -0.4 is 16.6 Å². The van der Waals surface area contributed by atoms with Gasteiger partial charge in [0.25, 0.3) is 5.56 Å². The quantitative estimate of drug-likeness (QED) is 0.739. The van der Waals surface area contributed by atoms with Crippen molar-refractivity contribution in [1.82, 2.24) is 4.98 Å². The van der Waals surface area contributed by atoms with E-state index in [9.17, 15) is 15.3 Å². The molecule has 0 fully saturated rings. The molecule has 6 heteroatoms. The molecule has 0 saturated carbocycles. The molecular weight excluding hydrogens is 278 g/mol. The molecule has 3 rings (SSSR count). The zero-order valence-electron chi connectivity index (χ0n) is 11.7. The minimum atomic E-state index is -0.581. The number of para-hydroxylation sites is 1. The van der Waals surface area contributed by atoms with Gasteiger partial charge in [0.1, 0.15) is 29.1 Å². The van der Waals surface area contributed by atoms with Crippen molar-refractivity contribution in [3.63, 3.8) is 0 Å². The van der Waals surface area contributed by atoms with Gasteiger partial charge in [-0.05, 0) is 18.4 Å². The maximum absolute atomic E-state index is 12.0. The Kier molecular flexibility index (Phi) is 3.28. The number of nitrogens with zero attached hydrogens (tertiary/aromatic N) is 2. The van der Waals surface area contributed by atoms with Crippen LogP contribution in [0.4, 0.5) is 11.5 Å². The van der Waals surface area contributed by atoms with Crippen LogP contribution in [0.25, 0.3) is 11.1 Å². The summed E-state index contributed by atoms with van der Waals surface area (Å²) in [6.45, 7) is 0.812. The van der Waals surface area contributed by atoms with E-state index < -0.39 is 5.56 Å². The van der Waals surface area contributed by atoms with Crippen molar-refractivity contribution in [3.8, 4) is 23.3 Å². The number of aromatic nitrogens is 1. The molecule has 1 aromatic heterocycles. The van der Waals surface area contributed by atoms with Crippen molar-refractivity contribution in [2.24, 2.45) is 0 Å². The van der Waals surface area contributed by atoms with E-state index in [1.54, 1.807) is 6.07 Å². The molecule has 108 valence electrons. The minimum Gasteiger partial charge on any atom is -0.384 e. The first-order valence-electron chi connectivity index (χ1n) is 6.89. The molecule has 0 spiro atoms. The van der Waals surface area contributed by atoms with Gasteiger partial charge in [-0.25, -0.2) is 0 Å². The molecule has 0 aliphatic carbocycles. The van der Waals surface area contributed by atoms with E-state index in [4.69, 9.17) is 5.73 Å². The summed E-state index contributed by atoms with van der Waals surface area (Å²) in [6.07, 6.45) is 1.93. The van der Waals surface area contributed by atoms with Crippen molar-refractivity contribution < 1.29 is 0 Å². The number of hydrogen-bond donors (Lipinski definition) is 3. The number of fused-ring (bicyclic) bond motifs is 1.